The van der Waals surface area contributed by atoms with Gasteiger partial charge in [0.15, 0.2) is 45.4 Å². The summed E-state index contributed by atoms with van der Waals surface area (Å²) in [5.41, 5.74) is 4.11. The number of aromatic nitrogens is 5. The van der Waals surface area contributed by atoms with Gasteiger partial charge in [0, 0.05) is 75.4 Å². The number of aromatic hydroxyl groups is 3. The number of morpholine rings is 1. The van der Waals surface area contributed by atoms with E-state index >= 15 is 0 Å². The zero-order valence-corrected chi connectivity index (χ0v) is 71.0. The number of hydrogen-bond acceptors (Lipinski definition) is 32. The number of aryl methyl sites for hydroxylation is 2. The number of esters is 2. The van der Waals surface area contributed by atoms with Crippen molar-refractivity contribution < 1.29 is 77.7 Å². The molecular formula is C90H70ClN17O16S3. The molecule has 6 N–H and O–H groups in total. The molecule has 636 valence electrons. The molecule has 1 saturated heterocycles. The van der Waals surface area contributed by atoms with E-state index in [1.807, 2.05) is 55.5 Å². The molecule has 1 aliphatic rings. The monoisotopic (exact) mass is 1780 g/mol. The van der Waals surface area contributed by atoms with Crippen molar-refractivity contribution in [1.29, 1.82) is 0 Å². The number of nitrogens with zero attached hydrogens (tertiary/aromatic N) is 15. The molecular weight excluding hydrogens is 1710 g/mol. The number of carbonyl (C=O) groups excluding carboxylic acids is 7. The Hall–Kier alpha value is -15.8. The minimum atomic E-state index is -0.673. The van der Waals surface area contributed by atoms with Gasteiger partial charge < -0.3 is 59.6 Å². The van der Waals surface area contributed by atoms with E-state index in [2.05, 4.69) is 80.9 Å². The molecule has 37 heteroatoms. The molecule has 1 aliphatic heterocycles. The van der Waals surface area contributed by atoms with Crippen LogP contribution in [0.2, 0.25) is 5.02 Å². The zero-order chi connectivity index (χ0) is 89.8. The molecule has 0 bridgehead atoms. The summed E-state index contributed by atoms with van der Waals surface area (Å²) in [6, 6.07) is 54.4. The lowest BCUT2D eigenvalue weighted by atomic mass is 9.96. The van der Waals surface area contributed by atoms with Crippen LogP contribution in [0.1, 0.15) is 88.1 Å². The number of halogens is 1. The molecule has 5 aromatic heterocycles. The quantitative estimate of drug-likeness (QED) is 0.0168. The number of carbonyl (C=O) groups is 7. The van der Waals surface area contributed by atoms with Crippen LogP contribution in [0.4, 0.5) is 61.4 Å². The molecule has 3 amide bonds. The van der Waals surface area contributed by atoms with Gasteiger partial charge >= 0.3 is 11.9 Å². The Bertz CT molecular complexity index is 6900. The number of pyridine rings is 2. The van der Waals surface area contributed by atoms with Gasteiger partial charge in [0.2, 0.25) is 5.69 Å². The van der Waals surface area contributed by atoms with Crippen molar-refractivity contribution in [3.63, 3.8) is 0 Å². The van der Waals surface area contributed by atoms with Crippen molar-refractivity contribution in [3.8, 4) is 28.7 Å². The predicted octanol–water partition coefficient (Wildman–Crippen LogP) is 21.1. The summed E-state index contributed by atoms with van der Waals surface area (Å²) in [5.74, 6) is -3.47. The molecule has 0 atom stereocenters. The summed E-state index contributed by atoms with van der Waals surface area (Å²) in [6.45, 7) is 12.1. The second-order valence-corrected chi connectivity index (χ2v) is 30.1. The number of methoxy groups -OCH3 is 4. The third kappa shape index (κ3) is 20.6. The average Bonchev–Trinajstić information content (AvgIpc) is 1.61. The van der Waals surface area contributed by atoms with Gasteiger partial charge in [-0.3, -0.25) is 29.0 Å². The van der Waals surface area contributed by atoms with Crippen molar-refractivity contribution in [2.45, 2.75) is 13.8 Å². The number of Topliss-reactive ketones (excluding diaryl/α,β-unsaturated/α-hetero) is 1. The third-order valence-corrected chi connectivity index (χ3v) is 21.7. The van der Waals surface area contributed by atoms with E-state index in [-0.39, 0.29) is 90.3 Å². The Morgan fingerprint density at radius 3 is 1.83 bits per heavy atom. The summed E-state index contributed by atoms with van der Waals surface area (Å²) < 4.78 is 30.0. The van der Waals surface area contributed by atoms with Crippen molar-refractivity contribution in [2.75, 3.05) is 72.0 Å². The normalized spacial score (nSPS) is 11.8. The number of phenolic OH excluding ortho intramolecular Hbond substituents is 3. The van der Waals surface area contributed by atoms with Crippen LogP contribution in [-0.2, 0) is 14.2 Å². The van der Waals surface area contributed by atoms with Gasteiger partial charge in [0.05, 0.1) is 81.6 Å². The van der Waals surface area contributed by atoms with Gasteiger partial charge in [-0.1, -0.05) is 114 Å². The molecule has 0 radical (unpaired) electrons. The number of para-hydroxylation sites is 1. The first-order chi connectivity index (χ1) is 61.6. The van der Waals surface area contributed by atoms with E-state index in [1.54, 1.807) is 126 Å². The number of amides is 3. The Balaban J connectivity index is 0.000000145. The summed E-state index contributed by atoms with van der Waals surface area (Å²) in [6.07, 6.45) is 4.37. The fourth-order valence-corrected chi connectivity index (χ4v) is 14.8. The topological polar surface area (TPSA) is 442 Å². The summed E-state index contributed by atoms with van der Waals surface area (Å²) >= 11 is 9.43. The van der Waals surface area contributed by atoms with Crippen molar-refractivity contribution >= 4 is 192 Å². The van der Waals surface area contributed by atoms with Crippen molar-refractivity contribution in [1.82, 2.24) is 29.4 Å². The average molecular weight is 1780 g/mol. The van der Waals surface area contributed by atoms with Crippen molar-refractivity contribution in [2.24, 2.45) is 40.9 Å². The fraction of sp³-hybridized carbons (Fsp3) is 0.122. The molecule has 0 saturated carbocycles. The first-order valence-electron chi connectivity index (χ1n) is 38.0. The number of nitrogens with one attached hydrogen (secondary N) is 2. The van der Waals surface area contributed by atoms with Gasteiger partial charge in [0.25, 0.3) is 22.9 Å². The van der Waals surface area contributed by atoms with Crippen LogP contribution in [0.3, 0.4) is 0 Å². The minimum absolute atomic E-state index is 0.0140. The number of benzene rings is 10. The smallest absolute Gasteiger partial charge is 0.350 e. The van der Waals surface area contributed by atoms with Gasteiger partial charge in [-0.2, -0.15) is 0 Å². The predicted molar refractivity (Wildman–Crippen MR) is 479 cm³/mol. The molecule has 0 spiro atoms. The standard InChI is InChI=1S/C24H18N4O4.C24H17N3O6S.C23H16ClN5O2S.C19H19N5O4S/c1-32-24(31)18-12-7-13-25-22(18)28-27-20-17-11-6-5-8-15(17)14-19(21(20)29)23(30)26-16-9-3-2-4-10-16;1-33-24(32)23-18(6-9-34-23)26-27-20-16-3-2-14(19(29)12-28)10-15(16)11-17(22(20)31)21(30)13-4-7-25-8-5-13;1-13-19(25-2)23(32-29-13)28-27-20-17-7-5-4-6-14(17)12-18(21(20)31-3)22(30)26-16-10-8-15(24)9-11-16;1-11-20-22-19(29-11)23-21-16-15-12(4-3-5-14(15)27-2)10-13(17(16)25)18(26)24-6-8-28-9-7-24/h2-14,29H,1H3,(H,26,30);2-11,28,31H,12H2,1H3;4-12H,1,3H3,(H,26,30);3-5,10,25H,6-9H2,1-2H3. The minimum Gasteiger partial charge on any atom is -0.505 e. The molecule has 33 nitrogen and oxygen atoms in total. The maximum Gasteiger partial charge on any atom is 0.350 e. The SMILES string of the molecule is COC(=O)c1cccnc1N=Nc1c(O)c(C(=O)Nc2ccccc2)cc2ccccc12.COC(=O)c1sccc1N=Nc1c(O)c(C(=O)c2ccncc2)cc2cc(C(=O)CO)ccc12.COc1cccc2cc(C(=O)N3CCOCC3)c(O)c(N=Nc3nnc(C)s3)c12.[C-]#[N+]c1c(C)nsc1N=Nc1c(OC)c(C(=O)Nc2ccc(Cl)cc2)cc2ccccc12. The fourth-order valence-electron chi connectivity index (χ4n) is 12.8. The summed E-state index contributed by atoms with van der Waals surface area (Å²) in [4.78, 5) is 101. The largest absolute Gasteiger partial charge is 0.505 e. The number of aliphatic hydroxyl groups is 1. The van der Waals surface area contributed by atoms with Crippen LogP contribution in [0.15, 0.2) is 259 Å². The van der Waals surface area contributed by atoms with Gasteiger partial charge in [0.1, 0.15) is 56.2 Å². The van der Waals surface area contributed by atoms with Crippen LogP contribution in [0, 0.1) is 20.4 Å². The highest BCUT2D eigenvalue weighted by atomic mass is 35.5. The van der Waals surface area contributed by atoms with Crippen LogP contribution >= 0.6 is 45.8 Å². The number of anilines is 2. The Kier molecular flexibility index (Phi) is 29.0. The lowest BCUT2D eigenvalue weighted by Gasteiger charge is -2.27. The third-order valence-electron chi connectivity index (χ3n) is 19.0. The van der Waals surface area contributed by atoms with Crippen LogP contribution < -0.4 is 20.1 Å². The molecule has 6 heterocycles. The second kappa shape index (κ2) is 41.4. The van der Waals surface area contributed by atoms with E-state index in [0.29, 0.717) is 119 Å². The number of rotatable bonds is 21. The first-order valence-corrected chi connectivity index (χ1v) is 40.8. The number of fused-ring (bicyclic) bond motifs is 4. The summed E-state index contributed by atoms with van der Waals surface area (Å²) in [5, 5.41) is 97.7. The molecule has 15 aromatic rings. The number of azo groups is 4. The highest BCUT2D eigenvalue weighted by Crippen LogP contribution is 2.48. The number of thiophene rings is 1. The first kappa shape index (κ1) is 89.0. The van der Waals surface area contributed by atoms with E-state index in [9.17, 15) is 54.0 Å². The number of ether oxygens (including phenoxy) is 5. The van der Waals surface area contributed by atoms with E-state index in [4.69, 9.17) is 41.9 Å². The molecule has 0 aliphatic carbocycles. The Labute approximate surface area is 738 Å². The number of ketones is 2. The van der Waals surface area contributed by atoms with Gasteiger partial charge in [-0.15, -0.1) is 62.4 Å². The Morgan fingerprint density at radius 1 is 0.559 bits per heavy atom. The molecule has 0 unspecified atom stereocenters. The molecule has 127 heavy (non-hydrogen) atoms. The number of phenols is 3. The lowest BCUT2D eigenvalue weighted by molar-refractivity contribution is 0.0301. The van der Waals surface area contributed by atoms with Crippen LogP contribution in [0.25, 0.3) is 47.9 Å². The molecule has 10 aromatic carbocycles. The lowest BCUT2D eigenvalue weighted by Crippen LogP contribution is -2.40. The number of aliphatic hydroxyl groups excluding tert-OH is 1. The van der Waals surface area contributed by atoms with Gasteiger partial charge in [-0.05, 0) is 155 Å². The molecule has 16 rings (SSSR count). The second-order valence-electron chi connectivity index (χ2n) is 26.9. The molecule has 1 fully saturated rings. The highest BCUT2D eigenvalue weighted by molar-refractivity contribution is 7.14. The van der Waals surface area contributed by atoms with Crippen LogP contribution in [-0.4, -0.2) is 152 Å². The Morgan fingerprint density at radius 2 is 1.17 bits per heavy atom. The highest BCUT2D eigenvalue weighted by Gasteiger charge is 2.29. The zero-order valence-electron chi connectivity index (χ0n) is 67.8. The van der Waals surface area contributed by atoms with Crippen molar-refractivity contribution in [3.05, 3.63) is 289 Å². The van der Waals surface area contributed by atoms with E-state index in [1.165, 1.54) is 94.8 Å². The number of hydrogen-bond donors (Lipinski definition) is 6. The maximum absolute atomic E-state index is 13.1. The maximum atomic E-state index is 13.1. The summed E-state index contributed by atoms with van der Waals surface area (Å²) in [7, 11) is 5.52. The van der Waals surface area contributed by atoms with Crippen LogP contribution in [0.5, 0.6) is 28.7 Å². The van der Waals surface area contributed by atoms with E-state index in [0.717, 1.165) is 38.6 Å². The van der Waals surface area contributed by atoms with Gasteiger partial charge in [-0.25, -0.2) is 23.8 Å². The van der Waals surface area contributed by atoms with E-state index < -0.39 is 41.8 Å².